The van der Waals surface area contributed by atoms with Crippen LogP contribution in [0.15, 0.2) is 59.8 Å². The van der Waals surface area contributed by atoms with Gasteiger partial charge in [0.1, 0.15) is 18.2 Å². The second-order valence-corrected chi connectivity index (χ2v) is 24.2. The zero-order chi connectivity index (χ0) is 48.0. The van der Waals surface area contributed by atoms with E-state index in [1.54, 1.807) is 26.1 Å². The van der Waals surface area contributed by atoms with E-state index in [4.69, 9.17) is 9.47 Å². The van der Waals surface area contributed by atoms with E-state index in [0.717, 1.165) is 67.3 Å². The number of anilines is 1. The number of nitrogens with zero attached hydrogens (tertiary/aromatic N) is 1. The van der Waals surface area contributed by atoms with Gasteiger partial charge in [-0.3, -0.25) is 24.2 Å². The number of carbonyl (C=O) groups is 5. The van der Waals surface area contributed by atoms with Crippen LogP contribution in [0.5, 0.6) is 0 Å². The molecule has 2 aromatic rings. The van der Waals surface area contributed by atoms with E-state index in [-0.39, 0.29) is 88.1 Å². The number of rotatable bonds is 10. The number of fused-ring (bicyclic) bond motifs is 7. The average molecular weight is 905 g/mol. The van der Waals surface area contributed by atoms with Crippen molar-refractivity contribution < 1.29 is 33.4 Å². The van der Waals surface area contributed by atoms with E-state index >= 15 is 0 Å². The summed E-state index contributed by atoms with van der Waals surface area (Å²) in [5, 5.41) is 9.13. The first-order valence-corrected chi connectivity index (χ1v) is 24.8. The topological polar surface area (TPSA) is 153 Å². The van der Waals surface area contributed by atoms with Gasteiger partial charge in [-0.1, -0.05) is 92.6 Å². The fraction of sp³-hybridized carbons (Fsp3) is 0.673. The summed E-state index contributed by atoms with van der Waals surface area (Å²) >= 11 is 0. The van der Waals surface area contributed by atoms with E-state index in [9.17, 15) is 24.0 Å². The Morgan fingerprint density at radius 3 is 2.15 bits per heavy atom. The largest absolute Gasteiger partial charge is 0.462 e. The lowest BCUT2D eigenvalue weighted by atomic mass is 9.33. The van der Waals surface area contributed by atoms with Crippen molar-refractivity contribution in [3.05, 3.63) is 71.1 Å². The number of hydrogen-bond donors (Lipinski definition) is 3. The van der Waals surface area contributed by atoms with Crippen LogP contribution < -0.4 is 16.0 Å². The van der Waals surface area contributed by atoms with Gasteiger partial charge < -0.3 is 25.4 Å². The van der Waals surface area contributed by atoms with Gasteiger partial charge in [0, 0.05) is 17.5 Å². The van der Waals surface area contributed by atoms with Crippen LogP contribution in [0.25, 0.3) is 0 Å². The zero-order valence-electron chi connectivity index (χ0n) is 41.7. The molecule has 0 aliphatic heterocycles. The summed E-state index contributed by atoms with van der Waals surface area (Å²) in [6.45, 7) is 25.9. The molecule has 1 heterocycles. The smallest absolute Gasteiger partial charge is 0.320 e. The van der Waals surface area contributed by atoms with Crippen LogP contribution in [0.2, 0.25) is 0 Å². The Morgan fingerprint density at radius 1 is 0.803 bits per heavy atom. The molecule has 0 radical (unpaired) electrons. The highest BCUT2D eigenvalue weighted by Crippen LogP contribution is 2.76. The molecule has 1 aromatic heterocycles. The number of pyridine rings is 1. The summed E-state index contributed by atoms with van der Waals surface area (Å²) in [7, 11) is 0. The van der Waals surface area contributed by atoms with Crippen LogP contribution in [0, 0.1) is 69.5 Å². The van der Waals surface area contributed by atoms with Crippen molar-refractivity contribution in [3.63, 3.8) is 0 Å². The molecule has 66 heavy (non-hydrogen) atoms. The molecule has 8 rings (SSSR count). The van der Waals surface area contributed by atoms with Gasteiger partial charge in [0.15, 0.2) is 5.78 Å². The Bertz CT molecular complexity index is 2300. The van der Waals surface area contributed by atoms with Crippen molar-refractivity contribution in [1.29, 1.82) is 0 Å². The molecule has 3 N–H and O–H groups in total. The molecule has 0 saturated heterocycles. The highest BCUT2D eigenvalue weighted by atomic mass is 16.5. The molecule has 10 atom stereocenters. The molecule has 6 aliphatic carbocycles. The summed E-state index contributed by atoms with van der Waals surface area (Å²) < 4.78 is 12.3. The van der Waals surface area contributed by atoms with Gasteiger partial charge in [-0.25, -0.2) is 4.79 Å². The number of esters is 2. The molecule has 3 amide bonds. The third-order valence-corrected chi connectivity index (χ3v) is 19.2. The predicted octanol–water partition coefficient (Wildman–Crippen LogP) is 10.5. The summed E-state index contributed by atoms with van der Waals surface area (Å²) in [4.78, 5) is 73.4. The van der Waals surface area contributed by atoms with Crippen LogP contribution >= 0.6 is 0 Å². The summed E-state index contributed by atoms with van der Waals surface area (Å²) in [5.74, 6) is -0.430. The number of Topliss-reactive ketones (excluding diaryl/α,β-unsaturated/α-hetero) is 1. The number of hydrogen-bond acceptors (Lipinski definition) is 8. The number of benzene rings is 1. The van der Waals surface area contributed by atoms with Gasteiger partial charge in [0.2, 0.25) is 5.91 Å². The second kappa shape index (κ2) is 16.6. The Labute approximate surface area is 393 Å². The fourth-order valence-electron chi connectivity index (χ4n) is 15.1. The molecule has 11 nitrogen and oxygen atoms in total. The van der Waals surface area contributed by atoms with E-state index in [0.29, 0.717) is 30.4 Å². The normalized spacial score (nSPS) is 35.3. The molecule has 5 saturated carbocycles. The second-order valence-electron chi connectivity index (χ2n) is 24.2. The van der Waals surface area contributed by atoms with Crippen LogP contribution in [0.4, 0.5) is 10.5 Å². The number of nitrogens with one attached hydrogen (secondary N) is 3. The lowest BCUT2D eigenvalue weighted by molar-refractivity contribution is -0.235. The number of ether oxygens (including phenoxy) is 2. The standard InChI is InChI=1S/C55H76N4O7/c1-32(2)43-39(60)29-55(58-47(63)51(8,9)59-48(64)57-35-19-18-33(3)56-30-35)27-26-53(11)36(44(43)55)20-21-41-52(10)24-23-42(50(6,7)40(52)22-25-54(41,53)12)66-46(62)38-28-37(49(38,4)5)45(61)65-31-34-16-14-13-15-17-34/h13-19,30,32,36-38,40-42H,20-29,31H2,1-12H3,(H,58,63)(H2,57,59,64)/t36-,37+,38-,40+,41-,42+,52+,53-,54-,55-/m1/s1. The number of allylic oxidation sites excluding steroid dienone is 1. The first kappa shape index (κ1) is 47.9. The van der Waals surface area contributed by atoms with E-state index in [1.165, 1.54) is 0 Å². The first-order chi connectivity index (χ1) is 30.8. The van der Waals surface area contributed by atoms with E-state index < -0.39 is 22.5 Å². The highest BCUT2D eigenvalue weighted by Gasteiger charge is 2.71. The van der Waals surface area contributed by atoms with Crippen molar-refractivity contribution in [2.75, 3.05) is 5.32 Å². The predicted molar refractivity (Wildman–Crippen MR) is 255 cm³/mol. The molecule has 5 fully saturated rings. The van der Waals surface area contributed by atoms with Crippen molar-refractivity contribution in [2.45, 2.75) is 171 Å². The summed E-state index contributed by atoms with van der Waals surface area (Å²) in [6, 6.07) is 12.8. The van der Waals surface area contributed by atoms with Gasteiger partial charge in [0.25, 0.3) is 0 Å². The molecule has 11 heteroatoms. The van der Waals surface area contributed by atoms with Gasteiger partial charge in [-0.2, -0.15) is 0 Å². The van der Waals surface area contributed by atoms with Crippen LogP contribution in [0.3, 0.4) is 0 Å². The number of carbonyl (C=O) groups excluding carboxylic acids is 5. The SMILES string of the molecule is Cc1ccc(NC(=O)NC(C)(C)C(=O)N[C@@]23CC[C@]4(C)[C@H](CC[C@@H]5[C@@]6(C)CC[C@H](OC(=O)[C@H]7C[C@@H](C(=O)OCc8ccccc8)C7(C)C)C(C)(C)[C@@H]6CC[C@]54C)C2=C(C(C)C)C(=O)C3)cn1. The lowest BCUT2D eigenvalue weighted by Crippen LogP contribution is -2.68. The van der Waals surface area contributed by atoms with Crippen LogP contribution in [0.1, 0.15) is 152 Å². The average Bonchev–Trinajstić information content (AvgIpc) is 3.53. The van der Waals surface area contributed by atoms with E-state index in [2.05, 4.69) is 69.4 Å². The summed E-state index contributed by atoms with van der Waals surface area (Å²) in [6.07, 6.45) is 9.39. The van der Waals surface area contributed by atoms with E-state index in [1.807, 2.05) is 57.2 Å². The number of ketones is 1. The van der Waals surface area contributed by atoms with Gasteiger partial charge >= 0.3 is 18.0 Å². The van der Waals surface area contributed by atoms with Gasteiger partial charge in [0.05, 0.1) is 29.3 Å². The van der Waals surface area contributed by atoms with Crippen LogP contribution in [-0.2, 0) is 35.3 Å². The van der Waals surface area contributed by atoms with Crippen molar-refractivity contribution in [3.8, 4) is 0 Å². The molecule has 6 aliphatic rings. The quantitative estimate of drug-likeness (QED) is 0.199. The maximum atomic E-state index is 14.4. The van der Waals surface area contributed by atoms with Gasteiger partial charge in [-0.05, 0) is 153 Å². The molecular weight excluding hydrogens is 829 g/mol. The molecule has 0 bridgehead atoms. The van der Waals surface area contributed by atoms with Gasteiger partial charge in [-0.15, -0.1) is 0 Å². The lowest BCUT2D eigenvalue weighted by Gasteiger charge is -2.72. The maximum absolute atomic E-state index is 14.4. The molecule has 1 aromatic carbocycles. The number of aromatic nitrogens is 1. The number of amides is 3. The minimum atomic E-state index is -1.27. The minimum absolute atomic E-state index is 0.0103. The highest BCUT2D eigenvalue weighted by molar-refractivity contribution is 6.03. The first-order valence-electron chi connectivity index (χ1n) is 24.8. The number of aryl methyl sites for hydroxylation is 1. The molecule has 0 unspecified atom stereocenters. The number of urea groups is 1. The fourth-order valence-corrected chi connectivity index (χ4v) is 15.1. The summed E-state index contributed by atoms with van der Waals surface area (Å²) in [5.41, 5.74) is 1.33. The Kier molecular flexibility index (Phi) is 12.1. The third kappa shape index (κ3) is 7.70. The third-order valence-electron chi connectivity index (χ3n) is 19.2. The Balaban J connectivity index is 0.969. The monoisotopic (exact) mass is 905 g/mol. The van der Waals surface area contributed by atoms with Crippen molar-refractivity contribution >= 4 is 35.3 Å². The minimum Gasteiger partial charge on any atom is -0.462 e. The molecule has 358 valence electrons. The maximum Gasteiger partial charge on any atom is 0.320 e. The Hall–Kier alpha value is -4.54. The zero-order valence-corrected chi connectivity index (χ0v) is 41.7. The van der Waals surface area contributed by atoms with Crippen molar-refractivity contribution in [2.24, 2.45) is 62.6 Å². The van der Waals surface area contributed by atoms with Crippen LogP contribution in [-0.4, -0.2) is 51.8 Å². The molecule has 0 spiro atoms. The van der Waals surface area contributed by atoms with Crippen molar-refractivity contribution in [1.82, 2.24) is 15.6 Å². The molecular formula is C55H76N4O7. The Morgan fingerprint density at radius 2 is 1.50 bits per heavy atom.